The van der Waals surface area contributed by atoms with E-state index in [1.807, 2.05) is 36.4 Å². The van der Waals surface area contributed by atoms with Crippen molar-refractivity contribution >= 4 is 23.3 Å². The molecule has 4 rings (SSSR count). The molecule has 0 fully saturated rings. The van der Waals surface area contributed by atoms with Crippen LogP contribution in [0, 0.1) is 0 Å². The maximum Gasteiger partial charge on any atom is 0.318 e. The van der Waals surface area contributed by atoms with Crippen LogP contribution < -0.4 is 25.4 Å². The standard InChI is InChI=1S/C26H25N5O4/c1-27-26(33)29-19-12-10-18(11-13-19)28-25(32)21-16-31(20-7-5-4-6-8-20)30-24(21)17-9-14-22(34-2)23(15-17)35-3/h4-16H,1-3H3,(H,28,32)(H2,27,29,33). The number of ether oxygens (including phenoxy) is 2. The van der Waals surface area contributed by atoms with Crippen molar-refractivity contribution in [2.45, 2.75) is 0 Å². The molecule has 9 heteroatoms. The van der Waals surface area contributed by atoms with E-state index in [1.165, 1.54) is 7.05 Å². The highest BCUT2D eigenvalue weighted by Crippen LogP contribution is 2.33. The van der Waals surface area contributed by atoms with Crippen molar-refractivity contribution in [2.75, 3.05) is 31.9 Å². The van der Waals surface area contributed by atoms with Crippen LogP contribution in [0.4, 0.5) is 16.2 Å². The Kier molecular flexibility index (Phi) is 6.96. The second-order valence-electron chi connectivity index (χ2n) is 7.48. The minimum atomic E-state index is -0.330. The quantitative estimate of drug-likeness (QED) is 0.366. The van der Waals surface area contributed by atoms with E-state index in [4.69, 9.17) is 14.6 Å². The average molecular weight is 472 g/mol. The van der Waals surface area contributed by atoms with Crippen molar-refractivity contribution in [3.8, 4) is 28.4 Å². The van der Waals surface area contributed by atoms with Gasteiger partial charge in [0.25, 0.3) is 5.91 Å². The Labute approximate surface area is 202 Å². The molecule has 1 heterocycles. The van der Waals surface area contributed by atoms with Gasteiger partial charge in [0.15, 0.2) is 11.5 Å². The first-order valence-corrected chi connectivity index (χ1v) is 10.8. The molecule has 35 heavy (non-hydrogen) atoms. The Balaban J connectivity index is 1.68. The third kappa shape index (κ3) is 5.25. The van der Waals surface area contributed by atoms with Crippen molar-refractivity contribution in [1.82, 2.24) is 15.1 Å². The molecule has 0 bridgehead atoms. The normalized spacial score (nSPS) is 10.4. The van der Waals surface area contributed by atoms with Crippen molar-refractivity contribution in [3.63, 3.8) is 0 Å². The number of anilines is 2. The lowest BCUT2D eigenvalue weighted by Gasteiger charge is -2.10. The summed E-state index contributed by atoms with van der Waals surface area (Å²) in [6, 6.07) is 21.4. The van der Waals surface area contributed by atoms with Gasteiger partial charge in [-0.2, -0.15) is 5.10 Å². The van der Waals surface area contributed by atoms with Crippen LogP contribution in [-0.4, -0.2) is 43.0 Å². The summed E-state index contributed by atoms with van der Waals surface area (Å²) < 4.78 is 12.4. The second kappa shape index (κ2) is 10.4. The number of para-hydroxylation sites is 1. The van der Waals surface area contributed by atoms with Gasteiger partial charge in [-0.1, -0.05) is 18.2 Å². The number of aromatic nitrogens is 2. The van der Waals surface area contributed by atoms with Crippen LogP contribution in [0.1, 0.15) is 10.4 Å². The summed E-state index contributed by atoms with van der Waals surface area (Å²) in [7, 11) is 4.66. The number of carbonyl (C=O) groups is 2. The third-order valence-electron chi connectivity index (χ3n) is 5.26. The van der Waals surface area contributed by atoms with Gasteiger partial charge in [0.2, 0.25) is 0 Å². The lowest BCUT2D eigenvalue weighted by molar-refractivity contribution is 0.102. The molecule has 0 saturated heterocycles. The summed E-state index contributed by atoms with van der Waals surface area (Å²) in [5.41, 5.74) is 3.57. The van der Waals surface area contributed by atoms with E-state index >= 15 is 0 Å². The molecule has 1 aromatic heterocycles. The summed E-state index contributed by atoms with van der Waals surface area (Å²) in [4.78, 5) is 24.8. The molecular weight excluding hydrogens is 446 g/mol. The monoisotopic (exact) mass is 471 g/mol. The van der Waals surface area contributed by atoms with Crippen molar-refractivity contribution in [1.29, 1.82) is 0 Å². The lowest BCUT2D eigenvalue weighted by atomic mass is 10.1. The highest BCUT2D eigenvalue weighted by atomic mass is 16.5. The summed E-state index contributed by atoms with van der Waals surface area (Å²) in [6.45, 7) is 0. The van der Waals surface area contributed by atoms with Crippen LogP contribution in [-0.2, 0) is 0 Å². The van der Waals surface area contributed by atoms with Gasteiger partial charge in [-0.3, -0.25) is 4.79 Å². The fourth-order valence-corrected chi connectivity index (χ4v) is 3.48. The average Bonchev–Trinajstić information content (AvgIpc) is 3.35. The molecule has 0 unspecified atom stereocenters. The van der Waals surface area contributed by atoms with Gasteiger partial charge >= 0.3 is 6.03 Å². The number of carbonyl (C=O) groups excluding carboxylic acids is 2. The number of benzene rings is 3. The van der Waals surface area contributed by atoms with Crippen LogP contribution in [0.2, 0.25) is 0 Å². The van der Waals surface area contributed by atoms with E-state index in [2.05, 4.69) is 16.0 Å². The van der Waals surface area contributed by atoms with Gasteiger partial charge in [0.05, 0.1) is 25.5 Å². The van der Waals surface area contributed by atoms with Gasteiger partial charge in [0.1, 0.15) is 5.69 Å². The number of amides is 3. The zero-order valence-corrected chi connectivity index (χ0v) is 19.5. The third-order valence-corrected chi connectivity index (χ3v) is 5.26. The van der Waals surface area contributed by atoms with Gasteiger partial charge in [0, 0.05) is 30.2 Å². The zero-order chi connectivity index (χ0) is 24.8. The molecule has 9 nitrogen and oxygen atoms in total. The van der Waals surface area contributed by atoms with E-state index in [1.54, 1.807) is 61.5 Å². The minimum absolute atomic E-state index is 0.324. The Morgan fingerprint density at radius 3 is 2.11 bits per heavy atom. The number of nitrogens with zero attached hydrogens (tertiary/aromatic N) is 2. The van der Waals surface area contributed by atoms with Gasteiger partial charge in [-0.05, 0) is 54.6 Å². The van der Waals surface area contributed by atoms with Crippen LogP contribution in [0.3, 0.4) is 0 Å². The van der Waals surface area contributed by atoms with Crippen LogP contribution in [0.25, 0.3) is 16.9 Å². The highest BCUT2D eigenvalue weighted by Gasteiger charge is 2.20. The van der Waals surface area contributed by atoms with Gasteiger partial charge in [-0.25, -0.2) is 9.48 Å². The van der Waals surface area contributed by atoms with Crippen molar-refractivity contribution < 1.29 is 19.1 Å². The summed E-state index contributed by atoms with van der Waals surface area (Å²) >= 11 is 0. The molecule has 0 radical (unpaired) electrons. The van der Waals surface area contributed by atoms with E-state index in [0.29, 0.717) is 39.7 Å². The number of hydrogen-bond donors (Lipinski definition) is 3. The topological polar surface area (TPSA) is 107 Å². The Morgan fingerprint density at radius 2 is 1.49 bits per heavy atom. The van der Waals surface area contributed by atoms with E-state index in [0.717, 1.165) is 5.69 Å². The fraction of sp³-hybridized carbons (Fsp3) is 0.115. The largest absolute Gasteiger partial charge is 0.493 e. The van der Waals surface area contributed by atoms with Crippen LogP contribution in [0.5, 0.6) is 11.5 Å². The van der Waals surface area contributed by atoms with Gasteiger partial charge in [-0.15, -0.1) is 0 Å². The molecule has 3 N–H and O–H groups in total. The molecule has 0 atom stereocenters. The maximum absolute atomic E-state index is 13.3. The highest BCUT2D eigenvalue weighted by molar-refractivity contribution is 6.08. The first-order chi connectivity index (χ1) is 17.0. The number of hydrogen-bond acceptors (Lipinski definition) is 5. The van der Waals surface area contributed by atoms with Gasteiger partial charge < -0.3 is 25.4 Å². The summed E-state index contributed by atoms with van der Waals surface area (Å²) in [5.74, 6) is 0.781. The molecule has 0 spiro atoms. The van der Waals surface area contributed by atoms with E-state index in [9.17, 15) is 9.59 Å². The smallest absolute Gasteiger partial charge is 0.318 e. The van der Waals surface area contributed by atoms with Crippen LogP contribution >= 0.6 is 0 Å². The second-order valence-corrected chi connectivity index (χ2v) is 7.48. The molecule has 0 aliphatic heterocycles. The predicted molar refractivity (Wildman–Crippen MR) is 135 cm³/mol. The minimum Gasteiger partial charge on any atom is -0.493 e. The van der Waals surface area contributed by atoms with Crippen molar-refractivity contribution in [3.05, 3.63) is 84.6 Å². The predicted octanol–water partition coefficient (Wildman–Crippen LogP) is 4.56. The molecule has 0 aliphatic carbocycles. The first-order valence-electron chi connectivity index (χ1n) is 10.8. The number of nitrogens with one attached hydrogen (secondary N) is 3. The number of urea groups is 1. The zero-order valence-electron chi connectivity index (χ0n) is 19.5. The van der Waals surface area contributed by atoms with E-state index in [-0.39, 0.29) is 11.9 Å². The molecule has 0 saturated carbocycles. The fourth-order valence-electron chi connectivity index (χ4n) is 3.48. The molecule has 3 aromatic carbocycles. The molecule has 178 valence electrons. The summed E-state index contributed by atoms with van der Waals surface area (Å²) in [6.07, 6.45) is 1.69. The van der Waals surface area contributed by atoms with Crippen molar-refractivity contribution in [2.24, 2.45) is 0 Å². The molecule has 4 aromatic rings. The number of rotatable bonds is 7. The number of methoxy groups -OCH3 is 2. The molecule has 3 amide bonds. The van der Waals surface area contributed by atoms with E-state index < -0.39 is 0 Å². The molecule has 0 aliphatic rings. The maximum atomic E-state index is 13.3. The lowest BCUT2D eigenvalue weighted by Crippen LogP contribution is -2.24. The Bertz CT molecular complexity index is 1330. The Hall–Kier alpha value is -4.79. The Morgan fingerprint density at radius 1 is 0.829 bits per heavy atom. The summed E-state index contributed by atoms with van der Waals surface area (Å²) in [5, 5.41) is 12.8. The van der Waals surface area contributed by atoms with Crippen LogP contribution in [0.15, 0.2) is 79.0 Å². The molecular formula is C26H25N5O4. The SMILES string of the molecule is CNC(=O)Nc1ccc(NC(=O)c2cn(-c3ccccc3)nc2-c2ccc(OC)c(OC)c2)cc1. The first kappa shape index (κ1) is 23.4.